The summed E-state index contributed by atoms with van der Waals surface area (Å²) in [5, 5.41) is 131. The van der Waals surface area contributed by atoms with Crippen LogP contribution in [0.25, 0.3) is 0 Å². The Labute approximate surface area is 625 Å². The summed E-state index contributed by atoms with van der Waals surface area (Å²) in [6, 6.07) is 7.99. The Morgan fingerprint density at radius 3 is 1.45 bits per heavy atom. The van der Waals surface area contributed by atoms with E-state index in [4.69, 9.17) is 5.73 Å². The van der Waals surface area contributed by atoms with E-state index in [2.05, 4.69) is 36.9 Å². The topological polar surface area (TPSA) is 637 Å². The zero-order valence-corrected chi connectivity index (χ0v) is 60.4. The molecular formula is C67H96N15O27-3. The molecule has 0 fully saturated rings. The molecule has 0 aliphatic carbocycles. The Bertz CT molecular complexity index is 3450. The van der Waals surface area contributed by atoms with E-state index in [1.165, 1.54) is 4.90 Å². The summed E-state index contributed by atoms with van der Waals surface area (Å²) in [5.74, 6) is -22.7. The van der Waals surface area contributed by atoms with Gasteiger partial charge < -0.3 is 108 Å². The van der Waals surface area contributed by atoms with E-state index < -0.39 is 263 Å². The third-order valence-corrected chi connectivity index (χ3v) is 17.2. The highest BCUT2D eigenvalue weighted by Crippen LogP contribution is 2.35. The number of para-hydroxylation sites is 1. The number of nitrogens with zero attached hydrogens (tertiary/aromatic N) is 8. The van der Waals surface area contributed by atoms with Crippen molar-refractivity contribution >= 4 is 107 Å². The molecule has 0 bridgehead atoms. The number of anilines is 1. The van der Waals surface area contributed by atoms with E-state index in [0.717, 1.165) is 30.9 Å². The number of amides is 6. The SMILES string of the molecule is CC[C@@H](C)C(NC(=O)C(C)C[C@@H]1CNc2ccccc21)C(=O)NC(CCC(N)=O)C(=O)NCc1ccc(CNC(=O)CN(CCN=C([O-])[C@@H](CN(CCN(CC(=O)[O-])CC(=O)O)CC(=O)O)N(CC(=O)O)CC(=O)O)CCNC(=O)[C@@H](CN(CCN(CC(=O)[O-])CC(=O)O)CC(=O)O)N(CC(=O)O)CC(=O)O)cc1. The van der Waals surface area contributed by atoms with Crippen molar-refractivity contribution in [2.24, 2.45) is 22.6 Å². The highest BCUT2D eigenvalue weighted by atomic mass is 16.4. The van der Waals surface area contributed by atoms with Crippen LogP contribution in [0, 0.1) is 11.8 Å². The van der Waals surface area contributed by atoms with Crippen LogP contribution >= 0.6 is 0 Å². The molecule has 1 aliphatic rings. The number of benzene rings is 2. The smallest absolute Gasteiger partial charge is 0.317 e. The zero-order valence-electron chi connectivity index (χ0n) is 60.4. The maximum Gasteiger partial charge on any atom is 0.317 e. The number of carbonyl (C=O) groups is 16. The van der Waals surface area contributed by atoms with Gasteiger partial charge in [0.25, 0.3) is 0 Å². The van der Waals surface area contributed by atoms with E-state index in [1.807, 2.05) is 31.2 Å². The second-order valence-electron chi connectivity index (χ2n) is 26.0. The first kappa shape index (κ1) is 92.2. The lowest BCUT2D eigenvalue weighted by molar-refractivity contribution is -0.307. The van der Waals surface area contributed by atoms with Crippen LogP contribution < -0.4 is 53.0 Å². The van der Waals surface area contributed by atoms with Crippen molar-refractivity contribution in [2.45, 2.75) is 89.6 Å². The minimum Gasteiger partial charge on any atom is -0.861 e. The third kappa shape index (κ3) is 36.9. The molecule has 42 nitrogen and oxygen atoms in total. The normalized spacial score (nSPS) is 14.4. The van der Waals surface area contributed by atoms with Crippen LogP contribution in [-0.4, -0.2) is 344 Å². The van der Waals surface area contributed by atoms with Gasteiger partial charge in [-0.2, -0.15) is 0 Å². The van der Waals surface area contributed by atoms with Gasteiger partial charge in [0, 0.05) is 116 Å². The number of carboxylic acid groups (broad SMARTS) is 10. The maximum absolute atomic E-state index is 14.3. The van der Waals surface area contributed by atoms with E-state index in [1.54, 1.807) is 38.1 Å². The zero-order chi connectivity index (χ0) is 81.6. The van der Waals surface area contributed by atoms with E-state index >= 15 is 0 Å². The number of hydrogen-bond acceptors (Lipinski definition) is 28. The van der Waals surface area contributed by atoms with Crippen LogP contribution in [0.1, 0.15) is 69.1 Å². The number of fused-ring (bicyclic) bond motifs is 1. The minimum atomic E-state index is -1.91. The van der Waals surface area contributed by atoms with E-state index in [0.29, 0.717) is 40.3 Å². The molecule has 0 saturated heterocycles. The number of aliphatic imine (C=N–C) groups is 1. The number of carbonyl (C=O) groups excluding carboxylic acids is 8. The van der Waals surface area contributed by atoms with Gasteiger partial charge in [-0.3, -0.25) is 101 Å². The molecule has 0 saturated carbocycles. The molecule has 42 heteroatoms. The molecule has 3 unspecified atom stereocenters. The molecular weight excluding hydrogens is 1450 g/mol. The fourth-order valence-electron chi connectivity index (χ4n) is 11.6. The maximum atomic E-state index is 14.3. The van der Waals surface area contributed by atoms with Gasteiger partial charge in [-0.1, -0.05) is 69.7 Å². The predicted octanol–water partition coefficient (Wildman–Crippen LogP) is -8.66. The molecule has 109 heavy (non-hydrogen) atoms. The van der Waals surface area contributed by atoms with Crippen molar-refractivity contribution in [1.29, 1.82) is 0 Å². The molecule has 16 N–H and O–H groups in total. The monoisotopic (exact) mass is 1540 g/mol. The van der Waals surface area contributed by atoms with Crippen LogP contribution in [0.4, 0.5) is 5.69 Å². The third-order valence-electron chi connectivity index (χ3n) is 17.2. The number of nitrogens with two attached hydrogens (primary N) is 1. The summed E-state index contributed by atoms with van der Waals surface area (Å²) in [6.07, 6.45) is 0.476. The number of rotatable bonds is 58. The average molecular weight is 1540 g/mol. The lowest BCUT2D eigenvalue weighted by Crippen LogP contribution is -2.57. The molecule has 1 heterocycles. The fourth-order valence-corrected chi connectivity index (χ4v) is 11.6. The summed E-state index contributed by atoms with van der Waals surface area (Å²) in [7, 11) is 0. The van der Waals surface area contributed by atoms with Crippen molar-refractivity contribution < 1.29 is 133 Å². The van der Waals surface area contributed by atoms with Gasteiger partial charge in [-0.15, -0.1) is 0 Å². The number of hydrogen-bond donors (Lipinski definition) is 15. The molecule has 6 amide bonds. The first-order valence-electron chi connectivity index (χ1n) is 34.4. The summed E-state index contributed by atoms with van der Waals surface area (Å²) in [5.41, 5.74) is 8.50. The standard InChI is InChI=1S/C67H99N15O27/c1-4-40(2)62(75-63(105)41(3)23-44-26-71-46-8-6-5-7-45(44)46)67(109)74-47(13-14-50(68)83)64(106)73-25-43-11-9-42(10-12-43)24-72-51(84)29-76(17-15-69-65(107)48(81(36-58(97)98)37-59(99)100)27-77(30-52(85)86)19-21-79(32-54(89)90)33-55(91)92)18-16-70-66(108)49(82(38-60(101)102)39-61(103)104)28-78(31-53(87)88)20-22-80(34-56(93)94)35-57(95)96/h5-12,40-41,44,47-49,62,71H,4,13-39H2,1-3H3,(H2,68,83)(H,69,107)(H,70,108)(H,72,84)(H,73,106)(H,74,109)(H,75,105)(H,85,86)(H,87,88)(H,89,90)(H,91,92)(H,93,94)(H,95,96)(H,97,98)(H,99,100)(H,101,102)(H,103,104)/p-3/t40-,41?,44-,47?,48-,49-,62?/m1/s1. The Balaban J connectivity index is 1.97. The van der Waals surface area contributed by atoms with Gasteiger partial charge in [0.05, 0.1) is 83.4 Å². The second kappa shape index (κ2) is 47.6. The fraction of sp³-hybridized carbons (Fsp3) is 0.567. The van der Waals surface area contributed by atoms with E-state index in [9.17, 15) is 133 Å². The van der Waals surface area contributed by atoms with Crippen molar-refractivity contribution in [3.8, 4) is 0 Å². The van der Waals surface area contributed by atoms with Crippen molar-refractivity contribution in [1.82, 2.24) is 60.9 Å². The Morgan fingerprint density at radius 1 is 0.514 bits per heavy atom. The predicted molar refractivity (Wildman–Crippen MR) is 373 cm³/mol. The highest BCUT2D eigenvalue weighted by molar-refractivity contribution is 5.93. The minimum absolute atomic E-state index is 0.0519. The second-order valence-corrected chi connectivity index (χ2v) is 26.0. The van der Waals surface area contributed by atoms with Crippen LogP contribution in [-0.2, 0) is 89.8 Å². The number of aliphatic carboxylic acids is 10. The molecule has 1 aliphatic heterocycles. The van der Waals surface area contributed by atoms with Crippen molar-refractivity contribution in [2.75, 3.05) is 149 Å². The first-order valence-corrected chi connectivity index (χ1v) is 34.4. The summed E-state index contributed by atoms with van der Waals surface area (Å²) in [4.78, 5) is 210. The van der Waals surface area contributed by atoms with Crippen molar-refractivity contribution in [3.63, 3.8) is 0 Å². The highest BCUT2D eigenvalue weighted by Gasteiger charge is 2.36. The molecule has 604 valence electrons. The Morgan fingerprint density at radius 2 is 0.972 bits per heavy atom. The van der Waals surface area contributed by atoms with Gasteiger partial charge >= 0.3 is 47.8 Å². The van der Waals surface area contributed by atoms with Gasteiger partial charge in [0.1, 0.15) is 18.1 Å². The molecule has 2 aromatic rings. The Kier molecular flexibility index (Phi) is 40.2. The summed E-state index contributed by atoms with van der Waals surface area (Å²) < 4.78 is 0. The molecule has 0 radical (unpaired) electrons. The van der Waals surface area contributed by atoms with Gasteiger partial charge in [0.2, 0.25) is 35.4 Å². The molecule has 3 rings (SSSR count). The molecule has 2 aromatic carbocycles. The summed E-state index contributed by atoms with van der Waals surface area (Å²) >= 11 is 0. The van der Waals surface area contributed by atoms with Crippen LogP contribution in [0.2, 0.25) is 0 Å². The number of carboxylic acids is 10. The average Bonchev–Trinajstić information content (AvgIpc) is 1.71. The quantitative estimate of drug-likeness (QED) is 0.0216. The number of nitrogens with one attached hydrogen (secondary N) is 6. The van der Waals surface area contributed by atoms with Gasteiger partial charge in [-0.05, 0) is 47.4 Å². The lowest BCUT2D eigenvalue weighted by atomic mass is 9.90. The van der Waals surface area contributed by atoms with Crippen LogP contribution in [0.3, 0.4) is 0 Å². The molecule has 7 atom stereocenters. The van der Waals surface area contributed by atoms with Gasteiger partial charge in [0.15, 0.2) is 0 Å². The Hall–Kier alpha value is -11.0. The summed E-state index contributed by atoms with van der Waals surface area (Å²) in [6.45, 7) is -10.7. The first-order chi connectivity index (χ1) is 51.3. The van der Waals surface area contributed by atoms with Crippen LogP contribution in [0.15, 0.2) is 53.5 Å². The van der Waals surface area contributed by atoms with Crippen LogP contribution in [0.5, 0.6) is 0 Å². The van der Waals surface area contributed by atoms with E-state index in [-0.39, 0.29) is 43.7 Å². The van der Waals surface area contributed by atoms with Crippen molar-refractivity contribution in [3.05, 3.63) is 65.2 Å². The lowest BCUT2D eigenvalue weighted by Gasteiger charge is -2.37. The number of primary amides is 1. The molecule has 0 aromatic heterocycles. The molecule has 0 spiro atoms. The largest absolute Gasteiger partial charge is 0.861 e. The van der Waals surface area contributed by atoms with Gasteiger partial charge in [-0.25, -0.2) is 0 Å².